The smallest absolute Gasteiger partial charge is 0.227 e. The first-order valence-electron chi connectivity index (χ1n) is 4.06. The van der Waals surface area contributed by atoms with E-state index in [-0.39, 0.29) is 6.61 Å². The lowest BCUT2D eigenvalue weighted by atomic mass is 10.2. The molecule has 0 amide bonds. The van der Waals surface area contributed by atoms with E-state index in [0.29, 0.717) is 12.6 Å². The summed E-state index contributed by atoms with van der Waals surface area (Å²) < 4.78 is 0. The van der Waals surface area contributed by atoms with Crippen molar-refractivity contribution in [2.75, 3.05) is 26.2 Å². The number of aliphatic hydroxyl groups is 1. The number of hydrogen-bond donors (Lipinski definition) is 1. The molecule has 1 N–H and O–H groups in total. The normalized spacial score (nSPS) is 25.3. The summed E-state index contributed by atoms with van der Waals surface area (Å²) in [6.07, 6.45) is 2.26. The van der Waals surface area contributed by atoms with Crippen molar-refractivity contribution in [3.63, 3.8) is 0 Å². The first-order chi connectivity index (χ1) is 5.38. The Labute approximate surface area is 67.4 Å². The van der Waals surface area contributed by atoms with Gasteiger partial charge >= 0.3 is 0 Å². The molecule has 0 spiro atoms. The van der Waals surface area contributed by atoms with Gasteiger partial charge in [-0.05, 0) is 19.4 Å². The molecular weight excluding hydrogens is 140 g/mol. The van der Waals surface area contributed by atoms with E-state index in [1.54, 1.807) is 0 Å². The molecule has 1 atom stereocenters. The van der Waals surface area contributed by atoms with Gasteiger partial charge in [-0.15, -0.1) is 0 Å². The van der Waals surface area contributed by atoms with Crippen LogP contribution < -0.4 is 0 Å². The van der Waals surface area contributed by atoms with E-state index in [2.05, 4.69) is 9.74 Å². The predicted octanol–water partition coefficient (Wildman–Crippen LogP) is 0.362. The van der Waals surface area contributed by atoms with E-state index in [0.717, 1.165) is 19.5 Å². The molecule has 0 unspecified atom stereocenters. The number of hydrogen-bond acceptors (Lipinski definition) is 2. The Kier molecular flexibility index (Phi) is 3.34. The molecular formula is C8H14N2O. The summed E-state index contributed by atoms with van der Waals surface area (Å²) in [6, 6.07) is 0.330. The van der Waals surface area contributed by atoms with E-state index in [9.17, 15) is 0 Å². The third kappa shape index (κ3) is 2.18. The van der Waals surface area contributed by atoms with Gasteiger partial charge < -0.3 is 9.95 Å². The first-order valence-corrected chi connectivity index (χ1v) is 4.06. The maximum absolute atomic E-state index is 8.92. The summed E-state index contributed by atoms with van der Waals surface area (Å²) in [4.78, 5) is 5.50. The molecule has 62 valence electrons. The third-order valence-corrected chi connectivity index (χ3v) is 2.21. The summed E-state index contributed by atoms with van der Waals surface area (Å²) in [5.74, 6) is 0. The van der Waals surface area contributed by atoms with Crippen molar-refractivity contribution in [1.29, 1.82) is 0 Å². The Bertz CT molecular complexity index is 153. The second kappa shape index (κ2) is 4.32. The van der Waals surface area contributed by atoms with Crippen LogP contribution in [0.1, 0.15) is 12.8 Å². The zero-order valence-corrected chi connectivity index (χ0v) is 6.66. The molecule has 1 aliphatic heterocycles. The summed E-state index contributed by atoms with van der Waals surface area (Å²) in [7, 11) is 0. The number of rotatable bonds is 3. The Morgan fingerprint density at radius 3 is 3.09 bits per heavy atom. The highest BCUT2D eigenvalue weighted by Gasteiger charge is 2.23. The van der Waals surface area contributed by atoms with Crippen LogP contribution in [0.15, 0.2) is 0 Å². The number of nitrogens with zero attached hydrogens (tertiary/aromatic N) is 2. The zero-order chi connectivity index (χ0) is 8.10. The fourth-order valence-electron chi connectivity index (χ4n) is 1.57. The SMILES string of the molecule is [C-]#[N+]CCN1CCC[C@@H]1CO. The van der Waals surface area contributed by atoms with Gasteiger partial charge in [-0.3, -0.25) is 4.90 Å². The maximum atomic E-state index is 8.92. The monoisotopic (exact) mass is 154 g/mol. The average molecular weight is 154 g/mol. The van der Waals surface area contributed by atoms with Gasteiger partial charge in [0.2, 0.25) is 6.54 Å². The van der Waals surface area contributed by atoms with Crippen LogP contribution in [0.3, 0.4) is 0 Å². The molecule has 0 aromatic carbocycles. The average Bonchev–Trinajstić information content (AvgIpc) is 2.47. The maximum Gasteiger partial charge on any atom is 0.227 e. The topological polar surface area (TPSA) is 27.8 Å². The largest absolute Gasteiger partial charge is 0.395 e. The Morgan fingerprint density at radius 2 is 2.45 bits per heavy atom. The molecule has 0 radical (unpaired) electrons. The molecule has 3 heteroatoms. The van der Waals surface area contributed by atoms with E-state index >= 15 is 0 Å². The molecule has 1 aliphatic rings. The molecule has 1 saturated heterocycles. The second-order valence-electron chi connectivity index (χ2n) is 2.90. The zero-order valence-electron chi connectivity index (χ0n) is 6.66. The Balaban J connectivity index is 2.27. The van der Waals surface area contributed by atoms with Gasteiger partial charge in [0, 0.05) is 6.04 Å². The van der Waals surface area contributed by atoms with Crippen molar-refractivity contribution in [3.8, 4) is 0 Å². The minimum Gasteiger partial charge on any atom is -0.395 e. The molecule has 0 aromatic rings. The van der Waals surface area contributed by atoms with Gasteiger partial charge in [-0.1, -0.05) is 0 Å². The summed E-state index contributed by atoms with van der Waals surface area (Å²) in [5, 5.41) is 8.92. The molecule has 1 heterocycles. The van der Waals surface area contributed by atoms with Gasteiger partial charge in [0.15, 0.2) is 0 Å². The van der Waals surface area contributed by atoms with Crippen molar-refractivity contribution in [2.45, 2.75) is 18.9 Å². The van der Waals surface area contributed by atoms with Crippen LogP contribution in [-0.4, -0.2) is 42.3 Å². The van der Waals surface area contributed by atoms with Crippen molar-refractivity contribution < 1.29 is 5.11 Å². The molecule has 0 saturated carbocycles. The van der Waals surface area contributed by atoms with Crippen LogP contribution in [-0.2, 0) is 0 Å². The fourth-order valence-corrected chi connectivity index (χ4v) is 1.57. The molecule has 3 nitrogen and oxygen atoms in total. The van der Waals surface area contributed by atoms with Crippen molar-refractivity contribution in [1.82, 2.24) is 4.90 Å². The van der Waals surface area contributed by atoms with Gasteiger partial charge in [0.05, 0.1) is 13.2 Å². The highest BCUT2D eigenvalue weighted by Crippen LogP contribution is 2.15. The molecule has 11 heavy (non-hydrogen) atoms. The van der Waals surface area contributed by atoms with E-state index < -0.39 is 0 Å². The Morgan fingerprint density at radius 1 is 1.64 bits per heavy atom. The lowest BCUT2D eigenvalue weighted by molar-refractivity contribution is 0.163. The molecule has 1 rings (SSSR count). The number of aliphatic hydroxyl groups excluding tert-OH is 1. The van der Waals surface area contributed by atoms with E-state index in [1.807, 2.05) is 0 Å². The standard InChI is InChI=1S/C8H14N2O/c1-9-4-6-10-5-2-3-8(10)7-11/h8,11H,2-7H2/t8-/m1/s1. The van der Waals surface area contributed by atoms with Gasteiger partial charge in [0.25, 0.3) is 0 Å². The molecule has 0 aromatic heterocycles. The van der Waals surface area contributed by atoms with E-state index in [4.69, 9.17) is 11.7 Å². The van der Waals surface area contributed by atoms with Gasteiger partial charge in [0.1, 0.15) is 0 Å². The summed E-state index contributed by atoms with van der Waals surface area (Å²) in [5.41, 5.74) is 0. The molecule has 1 fully saturated rings. The molecule has 0 bridgehead atoms. The van der Waals surface area contributed by atoms with Gasteiger partial charge in [-0.25, -0.2) is 6.57 Å². The minimum absolute atomic E-state index is 0.248. The van der Waals surface area contributed by atoms with Crippen LogP contribution in [0.4, 0.5) is 0 Å². The van der Waals surface area contributed by atoms with Crippen LogP contribution in [0.2, 0.25) is 0 Å². The van der Waals surface area contributed by atoms with Gasteiger partial charge in [-0.2, -0.15) is 0 Å². The highest BCUT2D eigenvalue weighted by molar-refractivity contribution is 4.80. The van der Waals surface area contributed by atoms with Crippen LogP contribution >= 0.6 is 0 Å². The highest BCUT2D eigenvalue weighted by atomic mass is 16.3. The van der Waals surface area contributed by atoms with Crippen molar-refractivity contribution in [3.05, 3.63) is 11.4 Å². The Hall–Kier alpha value is -0.590. The fraction of sp³-hybridized carbons (Fsp3) is 0.875. The van der Waals surface area contributed by atoms with Crippen LogP contribution in [0.25, 0.3) is 4.85 Å². The summed E-state index contributed by atoms with van der Waals surface area (Å²) >= 11 is 0. The predicted molar refractivity (Wildman–Crippen MR) is 43.1 cm³/mol. The third-order valence-electron chi connectivity index (χ3n) is 2.21. The minimum atomic E-state index is 0.248. The molecule has 0 aliphatic carbocycles. The van der Waals surface area contributed by atoms with Crippen molar-refractivity contribution >= 4 is 0 Å². The number of likely N-dealkylation sites (tertiary alicyclic amines) is 1. The second-order valence-corrected chi connectivity index (χ2v) is 2.90. The van der Waals surface area contributed by atoms with E-state index in [1.165, 1.54) is 6.42 Å². The first kappa shape index (κ1) is 8.51. The van der Waals surface area contributed by atoms with Crippen LogP contribution in [0, 0.1) is 6.57 Å². The van der Waals surface area contributed by atoms with Crippen molar-refractivity contribution in [2.24, 2.45) is 0 Å². The lowest BCUT2D eigenvalue weighted by Gasteiger charge is -2.19. The summed E-state index contributed by atoms with van der Waals surface area (Å²) in [6.45, 7) is 9.32. The lowest BCUT2D eigenvalue weighted by Crippen LogP contribution is -2.33. The quantitative estimate of drug-likeness (QED) is 0.594. The van der Waals surface area contributed by atoms with Crippen LogP contribution in [0.5, 0.6) is 0 Å².